The van der Waals surface area contributed by atoms with Crippen molar-refractivity contribution in [2.45, 2.75) is 44.9 Å². The van der Waals surface area contributed by atoms with Crippen molar-refractivity contribution in [1.82, 2.24) is 14.5 Å². The second-order valence-electron chi connectivity index (χ2n) is 10.9. The van der Waals surface area contributed by atoms with Crippen molar-refractivity contribution in [3.8, 4) is 22.9 Å². The van der Waals surface area contributed by atoms with E-state index in [1.807, 2.05) is 48.5 Å². The molecule has 0 aliphatic carbocycles. The van der Waals surface area contributed by atoms with E-state index in [0.717, 1.165) is 76.4 Å². The number of benzene rings is 3. The Morgan fingerprint density at radius 3 is 2.72 bits per heavy atom. The third-order valence-electron chi connectivity index (χ3n) is 8.08. The molecule has 0 radical (unpaired) electrons. The van der Waals surface area contributed by atoms with Gasteiger partial charge < -0.3 is 23.9 Å². The summed E-state index contributed by atoms with van der Waals surface area (Å²) in [4.78, 5) is 21.4. The van der Waals surface area contributed by atoms with Crippen molar-refractivity contribution in [2.24, 2.45) is 0 Å². The van der Waals surface area contributed by atoms with Crippen LogP contribution in [-0.4, -0.2) is 44.9 Å². The van der Waals surface area contributed by atoms with Crippen LogP contribution in [0.2, 0.25) is 5.02 Å². The molecule has 0 saturated carbocycles. The van der Waals surface area contributed by atoms with E-state index < -0.39 is 5.97 Å². The van der Waals surface area contributed by atoms with Crippen LogP contribution in [0.1, 0.15) is 45.7 Å². The van der Waals surface area contributed by atoms with E-state index in [1.54, 1.807) is 18.2 Å². The summed E-state index contributed by atoms with van der Waals surface area (Å²) in [5.74, 6) is 1.18. The van der Waals surface area contributed by atoms with Gasteiger partial charge in [0.05, 0.1) is 41.5 Å². The van der Waals surface area contributed by atoms with Gasteiger partial charge in [0.1, 0.15) is 18.2 Å². The average Bonchev–Trinajstić information content (AvgIpc) is 3.33. The molecule has 1 N–H and O–H groups in total. The number of pyridine rings is 1. The van der Waals surface area contributed by atoms with Crippen LogP contribution in [0.3, 0.4) is 0 Å². The topological polar surface area (TPSA) is 95.7 Å². The number of imidazole rings is 1. The summed E-state index contributed by atoms with van der Waals surface area (Å²) in [6.07, 6.45) is 3.15. The first-order chi connectivity index (χ1) is 21.0. The zero-order valence-electron chi connectivity index (χ0n) is 23.5. The molecule has 5 aromatic rings. The van der Waals surface area contributed by atoms with E-state index in [4.69, 9.17) is 35.8 Å². The molecule has 2 aromatic heterocycles. The van der Waals surface area contributed by atoms with Crippen LogP contribution >= 0.6 is 11.6 Å². The molecule has 1 fully saturated rings. The third-order valence-corrected chi connectivity index (χ3v) is 8.32. The van der Waals surface area contributed by atoms with Crippen LogP contribution in [0.15, 0.2) is 72.8 Å². The van der Waals surface area contributed by atoms with Gasteiger partial charge in [0.15, 0.2) is 0 Å². The van der Waals surface area contributed by atoms with Crippen molar-refractivity contribution in [2.75, 3.05) is 13.2 Å². The number of fused-ring (bicyclic) bond motifs is 7. The van der Waals surface area contributed by atoms with Crippen LogP contribution in [0.25, 0.3) is 22.3 Å². The fraction of sp³-hybridized carbons (Fsp3) is 0.265. The SMILES string of the molecule is O=C(O)c1ccc2nc(Cc3ccc4cc3OCCCc3cc(Cl)ccc3COc3cccc-4n3)n(C[C@@H]3CCO3)c2c1. The van der Waals surface area contributed by atoms with Crippen LogP contribution < -0.4 is 9.47 Å². The Bertz CT molecular complexity index is 1830. The molecule has 3 aromatic carbocycles. The van der Waals surface area contributed by atoms with Gasteiger partial charge in [-0.25, -0.2) is 14.8 Å². The summed E-state index contributed by atoms with van der Waals surface area (Å²) < 4.78 is 20.4. The van der Waals surface area contributed by atoms with Gasteiger partial charge in [-0.05, 0) is 72.9 Å². The highest BCUT2D eigenvalue weighted by Crippen LogP contribution is 2.32. The molecule has 4 heterocycles. The lowest BCUT2D eigenvalue weighted by molar-refractivity contribution is -0.0589. The molecule has 1 atom stereocenters. The molecule has 0 unspecified atom stereocenters. The fourth-order valence-corrected chi connectivity index (χ4v) is 5.86. The van der Waals surface area contributed by atoms with Gasteiger partial charge in [-0.2, -0.15) is 0 Å². The minimum absolute atomic E-state index is 0.0817. The van der Waals surface area contributed by atoms with E-state index in [2.05, 4.69) is 10.6 Å². The molecule has 8 nitrogen and oxygen atoms in total. The zero-order valence-corrected chi connectivity index (χ0v) is 24.2. The van der Waals surface area contributed by atoms with Crippen LogP contribution in [0.5, 0.6) is 11.6 Å². The highest BCUT2D eigenvalue weighted by Gasteiger charge is 2.23. The Kier molecular flexibility index (Phi) is 7.47. The number of halogens is 1. The molecule has 0 spiro atoms. The molecule has 2 aliphatic heterocycles. The lowest BCUT2D eigenvalue weighted by Crippen LogP contribution is -2.31. The maximum Gasteiger partial charge on any atom is 0.335 e. The quantitative estimate of drug-likeness (QED) is 0.240. The molecule has 1 saturated heterocycles. The Balaban J connectivity index is 1.25. The second kappa shape index (κ2) is 11.7. The van der Waals surface area contributed by atoms with Gasteiger partial charge in [-0.3, -0.25) is 0 Å². The summed E-state index contributed by atoms with van der Waals surface area (Å²) in [6, 6.07) is 22.9. The van der Waals surface area contributed by atoms with Crippen molar-refractivity contribution in [1.29, 1.82) is 0 Å². The third kappa shape index (κ3) is 5.81. The van der Waals surface area contributed by atoms with Gasteiger partial charge in [-0.1, -0.05) is 35.9 Å². The molecule has 0 amide bonds. The minimum Gasteiger partial charge on any atom is -0.493 e. The van der Waals surface area contributed by atoms with Crippen LogP contribution in [0, 0.1) is 0 Å². The van der Waals surface area contributed by atoms with Crippen molar-refractivity contribution < 1.29 is 24.1 Å². The molecule has 7 rings (SSSR count). The lowest BCUT2D eigenvalue weighted by atomic mass is 10.0. The zero-order chi connectivity index (χ0) is 29.3. The standard InChI is InChI=1S/C34H30ClN3O5/c35-26-10-8-25-20-43-33-5-1-4-28(37-33)22-6-7-23(31(17-22)42-13-2-3-21(25)15-26)18-32-36-29-11-9-24(34(39)40)16-30(29)38(32)19-27-12-14-41-27/h1,4-11,15-17,27H,2-3,12-14,18-20H2,(H,39,40)/t27-/m0/s1. The van der Waals surface area contributed by atoms with E-state index in [-0.39, 0.29) is 11.7 Å². The summed E-state index contributed by atoms with van der Waals surface area (Å²) in [5.41, 5.74) is 6.69. The highest BCUT2D eigenvalue weighted by atomic mass is 35.5. The van der Waals surface area contributed by atoms with Crippen molar-refractivity contribution in [3.63, 3.8) is 0 Å². The number of ether oxygens (including phenoxy) is 3. The Hall–Kier alpha value is -4.40. The summed E-state index contributed by atoms with van der Waals surface area (Å²) >= 11 is 6.33. The van der Waals surface area contributed by atoms with Crippen molar-refractivity contribution in [3.05, 3.63) is 106 Å². The van der Waals surface area contributed by atoms with E-state index in [1.165, 1.54) is 0 Å². The number of aromatic nitrogens is 3. The minimum atomic E-state index is -0.963. The predicted molar refractivity (Wildman–Crippen MR) is 163 cm³/mol. The first-order valence-corrected chi connectivity index (χ1v) is 14.9. The Labute approximate surface area is 253 Å². The van der Waals surface area contributed by atoms with Gasteiger partial charge in [0.2, 0.25) is 5.88 Å². The summed E-state index contributed by atoms with van der Waals surface area (Å²) in [5, 5.41) is 10.3. The maximum absolute atomic E-state index is 11.7. The number of aromatic carboxylic acids is 1. The molecule has 2 aliphatic rings. The monoisotopic (exact) mass is 595 g/mol. The van der Waals surface area contributed by atoms with Crippen LogP contribution in [0.4, 0.5) is 0 Å². The smallest absolute Gasteiger partial charge is 0.335 e. The number of aryl methyl sites for hydroxylation is 1. The van der Waals surface area contributed by atoms with Crippen LogP contribution in [-0.2, 0) is 30.7 Å². The number of carboxylic acid groups (broad SMARTS) is 1. The molecular formula is C34H30ClN3O5. The summed E-state index contributed by atoms with van der Waals surface area (Å²) in [7, 11) is 0. The van der Waals surface area contributed by atoms with E-state index in [9.17, 15) is 9.90 Å². The molecule has 218 valence electrons. The molecule has 43 heavy (non-hydrogen) atoms. The van der Waals surface area contributed by atoms with Gasteiger partial charge in [0, 0.05) is 35.2 Å². The number of nitrogens with zero attached hydrogens (tertiary/aromatic N) is 3. The fourth-order valence-electron chi connectivity index (χ4n) is 5.66. The first kappa shape index (κ1) is 27.4. The van der Waals surface area contributed by atoms with E-state index >= 15 is 0 Å². The Morgan fingerprint density at radius 1 is 0.977 bits per heavy atom. The largest absolute Gasteiger partial charge is 0.493 e. The van der Waals surface area contributed by atoms with Gasteiger partial charge >= 0.3 is 5.97 Å². The maximum atomic E-state index is 11.7. The molecule has 9 heteroatoms. The number of carbonyl (C=O) groups is 1. The van der Waals surface area contributed by atoms with Gasteiger partial charge in [-0.15, -0.1) is 0 Å². The number of carboxylic acids is 1. The second-order valence-corrected chi connectivity index (χ2v) is 11.4. The normalized spacial score (nSPS) is 16.3. The number of hydrogen-bond acceptors (Lipinski definition) is 6. The van der Waals surface area contributed by atoms with Gasteiger partial charge in [0.25, 0.3) is 0 Å². The summed E-state index contributed by atoms with van der Waals surface area (Å²) in [6.45, 7) is 2.28. The Morgan fingerprint density at radius 2 is 1.88 bits per heavy atom. The average molecular weight is 596 g/mol. The lowest BCUT2D eigenvalue weighted by Gasteiger charge is -2.27. The molecule has 4 bridgehead atoms. The first-order valence-electron chi connectivity index (χ1n) is 14.5. The number of hydrogen-bond donors (Lipinski definition) is 1. The highest BCUT2D eigenvalue weighted by molar-refractivity contribution is 6.30. The molecular weight excluding hydrogens is 566 g/mol. The van der Waals surface area contributed by atoms with Crippen molar-refractivity contribution >= 4 is 28.6 Å². The predicted octanol–water partition coefficient (Wildman–Crippen LogP) is 6.73. The van der Waals surface area contributed by atoms with E-state index in [0.29, 0.717) is 37.1 Å². The number of rotatable bonds is 5.